The molecule has 106 valence electrons. The molecule has 1 nitrogen and oxygen atoms in total. The van der Waals surface area contributed by atoms with Crippen molar-refractivity contribution in [1.82, 2.24) is 0 Å². The standard InChI is InChI=1S/C16H28OSi2/c1-18(2,3)16(19(4,5)6)15(17-16)13-12-14-10-8-7-9-11-14/h7-11,15H,12-13H2,1-6H3. The summed E-state index contributed by atoms with van der Waals surface area (Å²) in [7, 11) is -2.54. The van der Waals surface area contributed by atoms with Gasteiger partial charge in [-0.3, -0.25) is 0 Å². The fourth-order valence-electron chi connectivity index (χ4n) is 3.84. The minimum absolute atomic E-state index is 0.300. The Morgan fingerprint density at radius 2 is 1.47 bits per heavy atom. The Labute approximate surface area is 120 Å². The average Bonchev–Trinajstić information content (AvgIpc) is 3.02. The monoisotopic (exact) mass is 292 g/mol. The van der Waals surface area contributed by atoms with E-state index in [0.29, 0.717) is 11.0 Å². The number of hydrogen-bond donors (Lipinski definition) is 0. The molecule has 1 aromatic carbocycles. The first-order chi connectivity index (χ1) is 8.68. The normalized spacial score (nSPS) is 22.3. The van der Waals surface area contributed by atoms with Gasteiger partial charge >= 0.3 is 0 Å². The highest BCUT2D eigenvalue weighted by atomic mass is 28.4. The third-order valence-corrected chi connectivity index (χ3v) is 14.3. The van der Waals surface area contributed by atoms with E-state index in [-0.39, 0.29) is 0 Å². The molecular weight excluding hydrogens is 264 g/mol. The van der Waals surface area contributed by atoms with Crippen LogP contribution in [0.4, 0.5) is 0 Å². The lowest BCUT2D eigenvalue weighted by Gasteiger charge is -2.36. The second kappa shape index (κ2) is 4.86. The average molecular weight is 293 g/mol. The van der Waals surface area contributed by atoms with Crippen molar-refractivity contribution >= 4 is 16.1 Å². The molecule has 0 radical (unpaired) electrons. The molecule has 1 aliphatic heterocycles. The van der Waals surface area contributed by atoms with Crippen LogP contribution in [0.1, 0.15) is 12.0 Å². The number of benzene rings is 1. The van der Waals surface area contributed by atoms with Gasteiger partial charge in [0.2, 0.25) is 0 Å². The SMILES string of the molecule is C[Si](C)(C)C1([Si](C)(C)C)OC1CCc1ccccc1. The minimum Gasteiger partial charge on any atom is -0.374 e. The minimum atomic E-state index is -1.27. The van der Waals surface area contributed by atoms with E-state index < -0.39 is 16.1 Å². The predicted octanol–water partition coefficient (Wildman–Crippen LogP) is 4.51. The van der Waals surface area contributed by atoms with Crippen molar-refractivity contribution in [3.8, 4) is 0 Å². The van der Waals surface area contributed by atoms with E-state index in [2.05, 4.69) is 69.6 Å². The fraction of sp³-hybridized carbons (Fsp3) is 0.625. The molecule has 0 spiro atoms. The van der Waals surface area contributed by atoms with E-state index >= 15 is 0 Å². The van der Waals surface area contributed by atoms with E-state index in [4.69, 9.17) is 4.74 Å². The van der Waals surface area contributed by atoms with Gasteiger partial charge in [-0.05, 0) is 18.4 Å². The van der Waals surface area contributed by atoms with Crippen LogP contribution in [-0.2, 0) is 11.2 Å². The molecule has 0 bridgehead atoms. The second-order valence-corrected chi connectivity index (χ2v) is 18.9. The van der Waals surface area contributed by atoms with E-state index in [9.17, 15) is 0 Å². The zero-order valence-electron chi connectivity index (χ0n) is 13.3. The van der Waals surface area contributed by atoms with E-state index in [1.54, 1.807) is 0 Å². The van der Waals surface area contributed by atoms with Crippen LogP contribution in [0.3, 0.4) is 0 Å². The topological polar surface area (TPSA) is 12.5 Å². The third-order valence-electron chi connectivity index (χ3n) is 4.49. The predicted molar refractivity (Wildman–Crippen MR) is 89.1 cm³/mol. The summed E-state index contributed by atoms with van der Waals surface area (Å²) in [6, 6.07) is 10.8. The highest BCUT2D eigenvalue weighted by molar-refractivity contribution is 6.99. The number of rotatable bonds is 5. The molecule has 0 saturated carbocycles. The molecule has 0 N–H and O–H groups in total. The molecule has 1 aliphatic rings. The first-order valence-electron chi connectivity index (χ1n) is 7.40. The van der Waals surface area contributed by atoms with Crippen molar-refractivity contribution in [2.45, 2.75) is 63.1 Å². The molecular formula is C16H28OSi2. The van der Waals surface area contributed by atoms with Gasteiger partial charge in [-0.1, -0.05) is 69.6 Å². The molecule has 0 aromatic heterocycles. The van der Waals surface area contributed by atoms with Crippen LogP contribution in [0, 0.1) is 0 Å². The van der Waals surface area contributed by atoms with Crippen LogP contribution in [-0.4, -0.2) is 27.1 Å². The van der Waals surface area contributed by atoms with Crippen LogP contribution in [0.15, 0.2) is 30.3 Å². The van der Waals surface area contributed by atoms with Crippen LogP contribution in [0.5, 0.6) is 0 Å². The highest BCUT2D eigenvalue weighted by Crippen LogP contribution is 2.52. The Morgan fingerprint density at radius 3 is 1.89 bits per heavy atom. The first kappa shape index (κ1) is 15.0. The Bertz CT molecular complexity index is 414. The van der Waals surface area contributed by atoms with Crippen LogP contribution < -0.4 is 0 Å². The van der Waals surface area contributed by atoms with Gasteiger partial charge in [-0.25, -0.2) is 0 Å². The van der Waals surface area contributed by atoms with Crippen molar-refractivity contribution in [2.24, 2.45) is 0 Å². The summed E-state index contributed by atoms with van der Waals surface area (Å²) >= 11 is 0. The molecule has 1 saturated heterocycles. The van der Waals surface area contributed by atoms with E-state index in [0.717, 1.165) is 6.42 Å². The Hall–Kier alpha value is -0.386. The Kier molecular flexibility index (Phi) is 3.84. The first-order valence-corrected chi connectivity index (χ1v) is 14.4. The van der Waals surface area contributed by atoms with Gasteiger partial charge in [0.25, 0.3) is 0 Å². The van der Waals surface area contributed by atoms with Crippen molar-refractivity contribution in [2.75, 3.05) is 0 Å². The maximum Gasteiger partial charge on any atom is 0.0817 e. The summed E-state index contributed by atoms with van der Waals surface area (Å²) < 4.78 is 6.38. The van der Waals surface area contributed by atoms with Gasteiger partial charge in [0, 0.05) is 0 Å². The molecule has 1 aromatic rings. The lowest BCUT2D eigenvalue weighted by Crippen LogP contribution is -2.59. The van der Waals surface area contributed by atoms with Gasteiger partial charge in [-0.15, -0.1) is 0 Å². The summed E-state index contributed by atoms with van der Waals surface area (Å²) in [6.07, 6.45) is 2.87. The Balaban J connectivity index is 2.05. The van der Waals surface area contributed by atoms with Gasteiger partial charge in [0.1, 0.15) is 0 Å². The van der Waals surface area contributed by atoms with Crippen molar-refractivity contribution in [1.29, 1.82) is 0 Å². The van der Waals surface area contributed by atoms with Gasteiger partial charge in [0.15, 0.2) is 0 Å². The van der Waals surface area contributed by atoms with Crippen molar-refractivity contribution in [3.05, 3.63) is 35.9 Å². The zero-order valence-corrected chi connectivity index (χ0v) is 15.3. The third kappa shape index (κ3) is 2.74. The summed E-state index contributed by atoms with van der Waals surface area (Å²) in [5.41, 5.74) is 1.44. The zero-order chi connectivity index (χ0) is 14.3. The highest BCUT2D eigenvalue weighted by Gasteiger charge is 2.69. The molecule has 2 rings (SSSR count). The molecule has 1 unspecified atom stereocenters. The quantitative estimate of drug-likeness (QED) is 0.574. The van der Waals surface area contributed by atoms with E-state index in [1.807, 2.05) is 0 Å². The van der Waals surface area contributed by atoms with E-state index in [1.165, 1.54) is 12.0 Å². The molecule has 19 heavy (non-hydrogen) atoms. The number of ether oxygens (including phenoxy) is 1. The van der Waals surface area contributed by atoms with Gasteiger partial charge in [-0.2, -0.15) is 0 Å². The van der Waals surface area contributed by atoms with Gasteiger partial charge < -0.3 is 4.74 Å². The summed E-state index contributed by atoms with van der Waals surface area (Å²) in [4.78, 5) is 0.300. The lowest BCUT2D eigenvalue weighted by molar-refractivity contribution is 0.369. The number of hydrogen-bond acceptors (Lipinski definition) is 1. The second-order valence-electron chi connectivity index (χ2n) is 7.87. The largest absolute Gasteiger partial charge is 0.374 e. The smallest absolute Gasteiger partial charge is 0.0817 e. The molecule has 1 heterocycles. The van der Waals surface area contributed by atoms with Crippen LogP contribution in [0.2, 0.25) is 39.3 Å². The van der Waals surface area contributed by atoms with Crippen LogP contribution in [0.25, 0.3) is 0 Å². The summed E-state index contributed by atoms with van der Waals surface area (Å²) in [5, 5.41) is 0. The fourth-order valence-corrected chi connectivity index (χ4v) is 16.1. The number of epoxide rings is 1. The molecule has 1 fully saturated rings. The van der Waals surface area contributed by atoms with Gasteiger partial charge in [0.05, 0.1) is 27.1 Å². The molecule has 1 atom stereocenters. The van der Waals surface area contributed by atoms with Crippen LogP contribution >= 0.6 is 0 Å². The van der Waals surface area contributed by atoms with Crippen molar-refractivity contribution < 1.29 is 4.74 Å². The number of aryl methyl sites for hydroxylation is 1. The molecule has 0 amide bonds. The summed E-state index contributed by atoms with van der Waals surface area (Å²) in [5.74, 6) is 0. The molecule has 0 aliphatic carbocycles. The summed E-state index contributed by atoms with van der Waals surface area (Å²) in [6.45, 7) is 14.9. The lowest BCUT2D eigenvalue weighted by atomic mass is 10.1. The maximum atomic E-state index is 6.38. The Morgan fingerprint density at radius 1 is 0.947 bits per heavy atom. The molecule has 3 heteroatoms. The maximum absolute atomic E-state index is 6.38. The van der Waals surface area contributed by atoms with Crippen molar-refractivity contribution in [3.63, 3.8) is 0 Å².